The summed E-state index contributed by atoms with van der Waals surface area (Å²) in [6.45, 7) is 2.68. The van der Waals surface area contributed by atoms with Crippen LogP contribution < -0.4 is 5.32 Å². The Morgan fingerprint density at radius 3 is 2.95 bits per heavy atom. The zero-order valence-electron chi connectivity index (χ0n) is 12.2. The minimum Gasteiger partial charge on any atom is -0.347 e. The summed E-state index contributed by atoms with van der Waals surface area (Å²) in [6.07, 6.45) is 1.88. The Labute approximate surface area is 127 Å². The van der Waals surface area contributed by atoms with Crippen molar-refractivity contribution in [2.24, 2.45) is 0 Å². The van der Waals surface area contributed by atoms with Crippen LogP contribution in [0.25, 0.3) is 11.5 Å². The molecular formula is C15H16N6O. The molecule has 1 atom stereocenters. The summed E-state index contributed by atoms with van der Waals surface area (Å²) in [6, 6.07) is 9.98. The Bertz CT molecular complexity index is 778. The third kappa shape index (κ3) is 2.45. The number of hydrogen-bond acceptors (Lipinski definition) is 6. The molecule has 4 rings (SSSR count). The fourth-order valence-corrected chi connectivity index (χ4v) is 2.71. The van der Waals surface area contributed by atoms with Gasteiger partial charge in [-0.1, -0.05) is 18.2 Å². The molecular weight excluding hydrogens is 280 g/mol. The number of fused-ring (bicyclic) bond motifs is 1. The molecule has 0 aliphatic carbocycles. The highest BCUT2D eigenvalue weighted by Crippen LogP contribution is 2.20. The Balaban J connectivity index is 1.47. The van der Waals surface area contributed by atoms with Crippen molar-refractivity contribution in [1.82, 2.24) is 24.9 Å². The van der Waals surface area contributed by atoms with Gasteiger partial charge in [0.25, 0.3) is 11.8 Å². The molecule has 1 aliphatic rings. The lowest BCUT2D eigenvalue weighted by Gasteiger charge is -2.22. The van der Waals surface area contributed by atoms with Gasteiger partial charge in [0, 0.05) is 18.0 Å². The van der Waals surface area contributed by atoms with Crippen molar-refractivity contribution in [1.29, 1.82) is 0 Å². The second-order valence-electron chi connectivity index (χ2n) is 5.43. The normalized spacial score (nSPS) is 17.2. The fraction of sp³-hybridized carbons (Fsp3) is 0.333. The molecule has 3 aromatic rings. The lowest BCUT2D eigenvalue weighted by atomic mass is 10.1. The maximum absolute atomic E-state index is 5.31. The third-order valence-electron chi connectivity index (χ3n) is 3.74. The predicted molar refractivity (Wildman–Crippen MR) is 80.2 cm³/mol. The van der Waals surface area contributed by atoms with Gasteiger partial charge < -0.3 is 9.84 Å². The molecule has 0 saturated heterocycles. The molecule has 22 heavy (non-hydrogen) atoms. The Morgan fingerprint density at radius 2 is 2.09 bits per heavy atom. The summed E-state index contributed by atoms with van der Waals surface area (Å²) in [5.41, 5.74) is 0.917. The molecule has 3 heterocycles. The monoisotopic (exact) mass is 296 g/mol. The van der Waals surface area contributed by atoms with Crippen LogP contribution in [0.4, 0.5) is 5.95 Å². The van der Waals surface area contributed by atoms with Crippen molar-refractivity contribution in [2.75, 3.05) is 5.32 Å². The van der Waals surface area contributed by atoms with Gasteiger partial charge in [0.2, 0.25) is 0 Å². The summed E-state index contributed by atoms with van der Waals surface area (Å²) >= 11 is 0. The standard InChI is InChI=1S/C15H16N6O/c1-10-16-13-8-7-12(9-21(13)19-10)17-15-18-14(22-20-15)11-5-3-2-4-6-11/h2-6,12H,7-9H2,1H3,(H,17,20). The maximum atomic E-state index is 5.31. The van der Waals surface area contributed by atoms with Crippen LogP contribution in [0, 0.1) is 6.92 Å². The topological polar surface area (TPSA) is 81.7 Å². The fourth-order valence-electron chi connectivity index (χ4n) is 2.71. The molecule has 2 aromatic heterocycles. The van der Waals surface area contributed by atoms with Gasteiger partial charge in [0.1, 0.15) is 11.6 Å². The van der Waals surface area contributed by atoms with Crippen LogP contribution in [0.2, 0.25) is 0 Å². The average molecular weight is 296 g/mol. The van der Waals surface area contributed by atoms with E-state index in [-0.39, 0.29) is 6.04 Å². The zero-order chi connectivity index (χ0) is 14.9. The molecule has 0 saturated carbocycles. The van der Waals surface area contributed by atoms with Gasteiger partial charge in [0.15, 0.2) is 0 Å². The molecule has 1 aliphatic heterocycles. The van der Waals surface area contributed by atoms with Crippen molar-refractivity contribution in [3.63, 3.8) is 0 Å². The SMILES string of the molecule is Cc1nc2n(n1)CC(Nc1noc(-c3ccccc3)n1)CC2. The third-order valence-corrected chi connectivity index (χ3v) is 3.74. The van der Waals surface area contributed by atoms with E-state index in [9.17, 15) is 0 Å². The molecule has 0 bridgehead atoms. The number of benzene rings is 1. The van der Waals surface area contributed by atoms with Gasteiger partial charge >= 0.3 is 0 Å². The number of nitrogens with one attached hydrogen (secondary N) is 1. The number of nitrogens with zero attached hydrogens (tertiary/aromatic N) is 5. The van der Waals surface area contributed by atoms with Crippen molar-refractivity contribution < 1.29 is 4.52 Å². The molecule has 112 valence electrons. The summed E-state index contributed by atoms with van der Waals surface area (Å²) in [7, 11) is 0. The lowest BCUT2D eigenvalue weighted by molar-refractivity contribution is 0.420. The van der Waals surface area contributed by atoms with Crippen LogP contribution in [-0.2, 0) is 13.0 Å². The van der Waals surface area contributed by atoms with Gasteiger partial charge in [-0.05, 0) is 30.6 Å². The van der Waals surface area contributed by atoms with E-state index in [0.29, 0.717) is 11.8 Å². The number of rotatable bonds is 3. The van der Waals surface area contributed by atoms with E-state index in [2.05, 4.69) is 25.5 Å². The molecule has 1 aromatic carbocycles. The maximum Gasteiger partial charge on any atom is 0.264 e. The Kier molecular flexibility index (Phi) is 3.10. The van der Waals surface area contributed by atoms with E-state index >= 15 is 0 Å². The minimum atomic E-state index is 0.231. The summed E-state index contributed by atoms with van der Waals surface area (Å²) < 4.78 is 7.26. The van der Waals surface area contributed by atoms with Crippen molar-refractivity contribution in [2.45, 2.75) is 32.4 Å². The van der Waals surface area contributed by atoms with Crippen LogP contribution in [0.3, 0.4) is 0 Å². The molecule has 7 heteroatoms. The van der Waals surface area contributed by atoms with Gasteiger partial charge in [-0.3, -0.25) is 0 Å². The Morgan fingerprint density at radius 1 is 1.23 bits per heavy atom. The van der Waals surface area contributed by atoms with E-state index in [0.717, 1.165) is 36.6 Å². The van der Waals surface area contributed by atoms with E-state index in [1.165, 1.54) is 0 Å². The highest BCUT2D eigenvalue weighted by molar-refractivity contribution is 5.53. The summed E-state index contributed by atoms with van der Waals surface area (Å²) in [5.74, 6) is 2.91. The van der Waals surface area contributed by atoms with Crippen molar-refractivity contribution >= 4 is 5.95 Å². The summed E-state index contributed by atoms with van der Waals surface area (Å²) in [5, 5.41) is 11.7. The van der Waals surface area contributed by atoms with E-state index < -0.39 is 0 Å². The van der Waals surface area contributed by atoms with Gasteiger partial charge in [0.05, 0.1) is 6.54 Å². The average Bonchev–Trinajstić information content (AvgIpc) is 3.13. The lowest BCUT2D eigenvalue weighted by Crippen LogP contribution is -2.32. The predicted octanol–water partition coefficient (Wildman–Crippen LogP) is 2.06. The number of aryl methyl sites for hydroxylation is 2. The first-order valence-corrected chi connectivity index (χ1v) is 7.34. The highest BCUT2D eigenvalue weighted by Gasteiger charge is 2.22. The quantitative estimate of drug-likeness (QED) is 0.796. The summed E-state index contributed by atoms with van der Waals surface area (Å²) in [4.78, 5) is 8.81. The number of aromatic nitrogens is 5. The van der Waals surface area contributed by atoms with Crippen LogP contribution in [0.15, 0.2) is 34.9 Å². The van der Waals surface area contributed by atoms with E-state index in [1.54, 1.807) is 0 Å². The molecule has 7 nitrogen and oxygen atoms in total. The van der Waals surface area contributed by atoms with E-state index in [1.807, 2.05) is 41.9 Å². The van der Waals surface area contributed by atoms with Crippen LogP contribution in [0.5, 0.6) is 0 Å². The van der Waals surface area contributed by atoms with Crippen molar-refractivity contribution in [3.05, 3.63) is 42.0 Å². The Hall–Kier alpha value is -2.70. The molecule has 1 unspecified atom stereocenters. The van der Waals surface area contributed by atoms with Gasteiger partial charge in [-0.15, -0.1) is 0 Å². The number of anilines is 1. The van der Waals surface area contributed by atoms with E-state index in [4.69, 9.17) is 4.52 Å². The van der Waals surface area contributed by atoms with Gasteiger partial charge in [-0.2, -0.15) is 10.1 Å². The largest absolute Gasteiger partial charge is 0.347 e. The smallest absolute Gasteiger partial charge is 0.264 e. The second kappa shape index (κ2) is 5.25. The zero-order valence-corrected chi connectivity index (χ0v) is 12.2. The van der Waals surface area contributed by atoms with Crippen LogP contribution >= 0.6 is 0 Å². The number of hydrogen-bond donors (Lipinski definition) is 1. The van der Waals surface area contributed by atoms with Gasteiger partial charge in [-0.25, -0.2) is 9.67 Å². The first-order valence-electron chi connectivity index (χ1n) is 7.34. The first-order chi connectivity index (χ1) is 10.8. The van der Waals surface area contributed by atoms with Crippen LogP contribution in [-0.4, -0.2) is 30.9 Å². The second-order valence-corrected chi connectivity index (χ2v) is 5.43. The highest BCUT2D eigenvalue weighted by atomic mass is 16.5. The molecule has 0 fully saturated rings. The molecule has 0 amide bonds. The van der Waals surface area contributed by atoms with Crippen molar-refractivity contribution in [3.8, 4) is 11.5 Å². The van der Waals surface area contributed by atoms with Crippen LogP contribution in [0.1, 0.15) is 18.1 Å². The molecule has 0 spiro atoms. The molecule has 1 N–H and O–H groups in total. The molecule has 0 radical (unpaired) electrons. The first kappa shape index (κ1) is 13.0. The minimum absolute atomic E-state index is 0.231.